The van der Waals surface area contributed by atoms with Gasteiger partial charge in [0.25, 0.3) is 0 Å². The SMILES string of the molecule is [N-]=[N+]=c1cccns1. The summed E-state index contributed by atoms with van der Waals surface area (Å²) in [6, 6.07) is 3.39. The van der Waals surface area contributed by atoms with Gasteiger partial charge in [-0.05, 0) is 6.07 Å². The minimum absolute atomic E-state index is 0.521. The van der Waals surface area contributed by atoms with E-state index in [1.807, 2.05) is 0 Å². The molecule has 0 fully saturated rings. The van der Waals surface area contributed by atoms with E-state index in [-0.39, 0.29) is 0 Å². The first-order chi connectivity index (χ1) is 3.93. The predicted molar refractivity (Wildman–Crippen MR) is 28.9 cm³/mol. The zero-order valence-corrected chi connectivity index (χ0v) is 4.80. The quantitative estimate of drug-likeness (QED) is 0.362. The van der Waals surface area contributed by atoms with Crippen molar-refractivity contribution in [1.29, 1.82) is 0 Å². The Labute approximate surface area is 50.0 Å². The van der Waals surface area contributed by atoms with Crippen molar-refractivity contribution in [3.05, 3.63) is 28.5 Å². The molecule has 0 aliphatic rings. The Hall–Kier alpha value is -0.990. The summed E-state index contributed by atoms with van der Waals surface area (Å²) in [6.45, 7) is 0. The molecule has 1 rings (SSSR count). The Balaban J connectivity index is 3.41. The summed E-state index contributed by atoms with van der Waals surface area (Å²) in [6.07, 6.45) is 1.64. The molecule has 8 heavy (non-hydrogen) atoms. The van der Waals surface area contributed by atoms with Crippen LogP contribution in [-0.4, -0.2) is 9.16 Å². The molecular formula is C4H3N3S. The van der Waals surface area contributed by atoms with Crippen LogP contribution in [0.3, 0.4) is 0 Å². The van der Waals surface area contributed by atoms with Crippen molar-refractivity contribution in [2.24, 2.45) is 0 Å². The molecule has 0 bridgehead atoms. The Morgan fingerprint density at radius 2 is 2.62 bits per heavy atom. The molecule has 1 aromatic rings. The van der Waals surface area contributed by atoms with Gasteiger partial charge in [-0.1, -0.05) is 0 Å². The first kappa shape index (κ1) is 5.15. The predicted octanol–water partition coefficient (Wildman–Crippen LogP) is 0.274. The second kappa shape index (κ2) is 2.35. The van der Waals surface area contributed by atoms with Crippen LogP contribution in [-0.2, 0) is 0 Å². The summed E-state index contributed by atoms with van der Waals surface area (Å²) in [7, 11) is 0. The van der Waals surface area contributed by atoms with Crippen molar-refractivity contribution in [3.8, 4) is 0 Å². The lowest BCUT2D eigenvalue weighted by atomic mass is 10.6. The second-order valence-corrected chi connectivity index (χ2v) is 1.95. The van der Waals surface area contributed by atoms with E-state index < -0.39 is 0 Å². The van der Waals surface area contributed by atoms with E-state index in [2.05, 4.69) is 9.16 Å². The molecule has 0 atom stereocenters. The highest BCUT2D eigenvalue weighted by atomic mass is 32.1. The molecule has 0 aliphatic heterocycles. The molecule has 0 aromatic carbocycles. The summed E-state index contributed by atoms with van der Waals surface area (Å²) in [5.41, 5.74) is 8.13. The molecule has 0 radical (unpaired) electrons. The van der Waals surface area contributed by atoms with Crippen LogP contribution in [0.4, 0.5) is 0 Å². The van der Waals surface area contributed by atoms with Crippen LogP contribution >= 0.6 is 11.5 Å². The molecule has 0 saturated carbocycles. The van der Waals surface area contributed by atoms with Gasteiger partial charge in [-0.25, -0.2) is 0 Å². The summed E-state index contributed by atoms with van der Waals surface area (Å²) < 4.78 is 4.26. The van der Waals surface area contributed by atoms with Gasteiger partial charge >= 0.3 is 4.67 Å². The molecule has 40 valence electrons. The van der Waals surface area contributed by atoms with Gasteiger partial charge in [-0.15, -0.1) is 0 Å². The minimum Gasteiger partial charge on any atom is -0.360 e. The number of rotatable bonds is 0. The van der Waals surface area contributed by atoms with Gasteiger partial charge in [0.2, 0.25) is 0 Å². The molecular weight excluding hydrogens is 122 g/mol. The first-order valence-electron chi connectivity index (χ1n) is 2.02. The van der Waals surface area contributed by atoms with Crippen LogP contribution in [0, 0.1) is 0 Å². The molecule has 1 heterocycles. The molecule has 0 aliphatic carbocycles. The molecule has 0 unspecified atom stereocenters. The number of hydrogen-bond acceptors (Lipinski definition) is 2. The molecule has 3 nitrogen and oxygen atoms in total. The maximum Gasteiger partial charge on any atom is 0.387 e. The zero-order valence-electron chi connectivity index (χ0n) is 3.98. The number of aromatic nitrogens is 1. The summed E-state index contributed by atoms with van der Waals surface area (Å²) in [5, 5.41) is 0. The fourth-order valence-corrected chi connectivity index (χ4v) is 0.742. The van der Waals surface area contributed by atoms with E-state index in [1.54, 1.807) is 18.3 Å². The van der Waals surface area contributed by atoms with Gasteiger partial charge in [0.05, 0.1) is 11.5 Å². The standard InChI is InChI=1S/C4H3N3S/c5-7-4-2-1-3-6-8-4/h1-3H. The fourth-order valence-electron chi connectivity index (χ4n) is 0.327. The van der Waals surface area contributed by atoms with Gasteiger partial charge in [0, 0.05) is 12.3 Å². The molecule has 0 saturated heterocycles. The van der Waals surface area contributed by atoms with Gasteiger partial charge in [0.15, 0.2) is 0 Å². The molecule has 1 aromatic heterocycles. The molecule has 0 amide bonds. The van der Waals surface area contributed by atoms with Crippen LogP contribution in [0.2, 0.25) is 0 Å². The van der Waals surface area contributed by atoms with E-state index >= 15 is 0 Å². The Bertz CT molecular complexity index is 230. The van der Waals surface area contributed by atoms with Crippen LogP contribution in [0.25, 0.3) is 5.53 Å². The van der Waals surface area contributed by atoms with E-state index in [4.69, 9.17) is 5.53 Å². The monoisotopic (exact) mass is 125 g/mol. The highest BCUT2D eigenvalue weighted by Gasteiger charge is 1.81. The van der Waals surface area contributed by atoms with Crippen molar-refractivity contribution >= 4 is 11.5 Å². The van der Waals surface area contributed by atoms with Gasteiger partial charge in [0.1, 0.15) is 0 Å². The lowest BCUT2D eigenvalue weighted by Gasteiger charge is -1.66. The Kier molecular flexibility index (Phi) is 1.51. The third-order valence-corrected chi connectivity index (χ3v) is 1.26. The van der Waals surface area contributed by atoms with Crippen molar-refractivity contribution in [3.63, 3.8) is 0 Å². The van der Waals surface area contributed by atoms with E-state index in [1.165, 1.54) is 0 Å². The van der Waals surface area contributed by atoms with E-state index in [9.17, 15) is 0 Å². The van der Waals surface area contributed by atoms with Gasteiger partial charge in [-0.3, -0.25) is 0 Å². The van der Waals surface area contributed by atoms with Gasteiger partial charge < -0.3 is 5.53 Å². The van der Waals surface area contributed by atoms with Crippen LogP contribution < -0.4 is 4.67 Å². The third kappa shape index (κ3) is 0.992. The highest BCUT2D eigenvalue weighted by molar-refractivity contribution is 7.02. The fraction of sp³-hybridized carbons (Fsp3) is 0. The zero-order chi connectivity index (χ0) is 5.82. The highest BCUT2D eigenvalue weighted by Crippen LogP contribution is 1.73. The molecule has 4 heteroatoms. The largest absolute Gasteiger partial charge is 0.387 e. The van der Waals surface area contributed by atoms with Crippen molar-refractivity contribution in [2.75, 3.05) is 0 Å². The average Bonchev–Trinajstić information content (AvgIpc) is 1.90. The lowest BCUT2D eigenvalue weighted by molar-refractivity contribution is -0.0592. The van der Waals surface area contributed by atoms with Crippen LogP contribution in [0.5, 0.6) is 0 Å². The average molecular weight is 125 g/mol. The first-order valence-corrected chi connectivity index (χ1v) is 2.80. The Morgan fingerprint density at radius 1 is 1.75 bits per heavy atom. The Morgan fingerprint density at radius 3 is 3.00 bits per heavy atom. The maximum atomic E-state index is 8.13. The maximum absolute atomic E-state index is 8.13. The second-order valence-electron chi connectivity index (χ2n) is 1.14. The third-order valence-electron chi connectivity index (χ3n) is 0.631. The summed E-state index contributed by atoms with van der Waals surface area (Å²) in [4.78, 5) is 2.93. The summed E-state index contributed by atoms with van der Waals surface area (Å²) >= 11 is 1.15. The van der Waals surface area contributed by atoms with Gasteiger partial charge in [-0.2, -0.15) is 9.16 Å². The minimum atomic E-state index is 0.521. The van der Waals surface area contributed by atoms with Crippen LogP contribution in [0.1, 0.15) is 0 Å². The lowest BCUT2D eigenvalue weighted by Crippen LogP contribution is -1.94. The van der Waals surface area contributed by atoms with Crippen molar-refractivity contribution in [1.82, 2.24) is 4.37 Å². The van der Waals surface area contributed by atoms with E-state index in [0.717, 1.165) is 11.5 Å². The molecule has 0 spiro atoms. The normalized spacial score (nSPS) is 8.00. The topological polar surface area (TPSA) is 49.3 Å². The smallest absolute Gasteiger partial charge is 0.360 e. The van der Waals surface area contributed by atoms with Crippen molar-refractivity contribution < 1.29 is 4.79 Å². The number of nitrogens with zero attached hydrogens (tertiary/aromatic N) is 3. The van der Waals surface area contributed by atoms with Crippen molar-refractivity contribution in [2.45, 2.75) is 0 Å². The number of hydrogen-bond donors (Lipinski definition) is 0. The van der Waals surface area contributed by atoms with E-state index in [0.29, 0.717) is 4.67 Å². The van der Waals surface area contributed by atoms with Crippen LogP contribution in [0.15, 0.2) is 18.3 Å². The molecule has 0 N–H and O–H groups in total. The summed E-state index contributed by atoms with van der Waals surface area (Å²) in [5.74, 6) is 0.